The molecule has 0 atom stereocenters. The summed E-state index contributed by atoms with van der Waals surface area (Å²) in [5.41, 5.74) is 1.49. The summed E-state index contributed by atoms with van der Waals surface area (Å²) in [6.07, 6.45) is 0. The number of carbonyl (C=O) groups is 1. The molecule has 6 nitrogen and oxygen atoms in total. The van der Waals surface area contributed by atoms with E-state index in [0.717, 1.165) is 11.0 Å². The molecule has 0 spiro atoms. The summed E-state index contributed by atoms with van der Waals surface area (Å²) in [5, 5.41) is -0.0535. The van der Waals surface area contributed by atoms with Crippen molar-refractivity contribution in [3.8, 4) is 5.75 Å². The van der Waals surface area contributed by atoms with Crippen LogP contribution in [0.3, 0.4) is 0 Å². The van der Waals surface area contributed by atoms with Crippen LogP contribution >= 0.6 is 11.6 Å². The SMILES string of the molecule is CN1CCN(C(=O)COc2ccc(F)c(Cl)c2)c2nc3ccccc3nc21. The van der Waals surface area contributed by atoms with E-state index >= 15 is 0 Å². The van der Waals surface area contributed by atoms with Gasteiger partial charge in [-0.2, -0.15) is 0 Å². The quantitative estimate of drug-likeness (QED) is 0.691. The first kappa shape index (κ1) is 17.5. The van der Waals surface area contributed by atoms with Crippen molar-refractivity contribution in [1.82, 2.24) is 9.97 Å². The second kappa shape index (κ2) is 7.00. The summed E-state index contributed by atoms with van der Waals surface area (Å²) in [6.45, 7) is 0.899. The molecule has 0 aliphatic carbocycles. The second-order valence-electron chi connectivity index (χ2n) is 6.19. The molecular formula is C19H16ClFN4O2. The minimum absolute atomic E-state index is 0.0535. The zero-order valence-electron chi connectivity index (χ0n) is 14.5. The zero-order chi connectivity index (χ0) is 19.0. The molecule has 0 fully saturated rings. The highest BCUT2D eigenvalue weighted by molar-refractivity contribution is 6.30. The summed E-state index contributed by atoms with van der Waals surface area (Å²) >= 11 is 5.74. The fourth-order valence-corrected chi connectivity index (χ4v) is 3.08. The van der Waals surface area contributed by atoms with Crippen LogP contribution < -0.4 is 14.5 Å². The largest absolute Gasteiger partial charge is 0.484 e. The Morgan fingerprint density at radius 2 is 1.85 bits per heavy atom. The van der Waals surface area contributed by atoms with Crippen LogP contribution in [0.4, 0.5) is 16.0 Å². The zero-order valence-corrected chi connectivity index (χ0v) is 15.3. The molecule has 3 aromatic rings. The smallest absolute Gasteiger partial charge is 0.266 e. The van der Waals surface area contributed by atoms with Crippen molar-refractivity contribution in [3.05, 3.63) is 53.3 Å². The highest BCUT2D eigenvalue weighted by Crippen LogP contribution is 2.30. The molecule has 138 valence electrons. The van der Waals surface area contributed by atoms with Crippen molar-refractivity contribution < 1.29 is 13.9 Å². The average Bonchev–Trinajstić information content (AvgIpc) is 2.68. The number of fused-ring (bicyclic) bond motifs is 2. The minimum atomic E-state index is -0.537. The third-order valence-corrected chi connectivity index (χ3v) is 4.65. The molecule has 0 N–H and O–H groups in total. The van der Waals surface area contributed by atoms with E-state index in [-0.39, 0.29) is 17.5 Å². The van der Waals surface area contributed by atoms with Crippen LogP contribution in [-0.2, 0) is 4.79 Å². The predicted molar refractivity (Wildman–Crippen MR) is 102 cm³/mol. The summed E-state index contributed by atoms with van der Waals surface area (Å²) in [7, 11) is 1.92. The Morgan fingerprint density at radius 1 is 1.15 bits per heavy atom. The highest BCUT2D eigenvalue weighted by Gasteiger charge is 2.28. The number of anilines is 2. The highest BCUT2D eigenvalue weighted by atomic mass is 35.5. The number of rotatable bonds is 3. The van der Waals surface area contributed by atoms with Crippen molar-refractivity contribution in [2.45, 2.75) is 0 Å². The Bertz CT molecular complexity index is 1030. The van der Waals surface area contributed by atoms with Crippen molar-refractivity contribution >= 4 is 40.2 Å². The molecule has 1 aliphatic heterocycles. The number of amides is 1. The maximum Gasteiger partial charge on any atom is 0.266 e. The normalized spacial score (nSPS) is 13.6. The lowest BCUT2D eigenvalue weighted by molar-refractivity contribution is -0.120. The van der Waals surface area contributed by atoms with Crippen LogP contribution in [0.2, 0.25) is 5.02 Å². The summed E-state index contributed by atoms with van der Waals surface area (Å²) < 4.78 is 18.7. The van der Waals surface area contributed by atoms with E-state index < -0.39 is 5.82 Å². The van der Waals surface area contributed by atoms with Gasteiger partial charge in [0.15, 0.2) is 18.2 Å². The van der Waals surface area contributed by atoms with Gasteiger partial charge in [-0.25, -0.2) is 14.4 Å². The van der Waals surface area contributed by atoms with E-state index in [1.54, 1.807) is 4.90 Å². The molecule has 2 aromatic carbocycles. The van der Waals surface area contributed by atoms with Gasteiger partial charge in [-0.3, -0.25) is 9.69 Å². The first-order valence-corrected chi connectivity index (χ1v) is 8.77. The molecular weight excluding hydrogens is 371 g/mol. The Balaban J connectivity index is 1.58. The molecule has 8 heteroatoms. The third kappa shape index (κ3) is 3.38. The van der Waals surface area contributed by atoms with E-state index in [1.165, 1.54) is 18.2 Å². The Labute approximate surface area is 160 Å². The van der Waals surface area contributed by atoms with Gasteiger partial charge in [-0.1, -0.05) is 23.7 Å². The molecule has 0 saturated heterocycles. The van der Waals surface area contributed by atoms with Crippen LogP contribution in [0.5, 0.6) is 5.75 Å². The fraction of sp³-hybridized carbons (Fsp3) is 0.211. The number of hydrogen-bond donors (Lipinski definition) is 0. The monoisotopic (exact) mass is 386 g/mol. The molecule has 0 bridgehead atoms. The molecule has 1 aromatic heterocycles. The van der Waals surface area contributed by atoms with E-state index in [0.29, 0.717) is 30.5 Å². The lowest BCUT2D eigenvalue weighted by Crippen LogP contribution is -2.45. The summed E-state index contributed by atoms with van der Waals surface area (Å²) in [6, 6.07) is 11.5. The van der Waals surface area contributed by atoms with Gasteiger partial charge in [0.05, 0.1) is 16.1 Å². The molecule has 1 amide bonds. The van der Waals surface area contributed by atoms with Gasteiger partial charge in [0.1, 0.15) is 11.6 Å². The van der Waals surface area contributed by atoms with Gasteiger partial charge in [0, 0.05) is 26.2 Å². The standard InChI is InChI=1S/C19H16ClFN4O2/c1-24-8-9-25(17(26)11-27-12-6-7-14(21)13(20)10-12)19-18(24)22-15-4-2-3-5-16(15)23-19/h2-7,10H,8-9,11H2,1H3. The van der Waals surface area contributed by atoms with Crippen molar-refractivity contribution in [2.24, 2.45) is 0 Å². The molecule has 4 rings (SSSR count). The van der Waals surface area contributed by atoms with Gasteiger partial charge in [0.2, 0.25) is 0 Å². The van der Waals surface area contributed by atoms with E-state index in [1.807, 2.05) is 36.2 Å². The van der Waals surface area contributed by atoms with Crippen molar-refractivity contribution in [1.29, 1.82) is 0 Å². The summed E-state index contributed by atoms with van der Waals surface area (Å²) in [4.78, 5) is 25.5. The number of hydrogen-bond acceptors (Lipinski definition) is 5. The van der Waals surface area contributed by atoms with Crippen molar-refractivity contribution in [2.75, 3.05) is 36.5 Å². The van der Waals surface area contributed by atoms with Crippen LogP contribution in [0.1, 0.15) is 0 Å². The summed E-state index contributed by atoms with van der Waals surface area (Å²) in [5.74, 6) is 0.694. The van der Waals surface area contributed by atoms with Crippen LogP contribution in [-0.4, -0.2) is 42.6 Å². The first-order valence-electron chi connectivity index (χ1n) is 8.39. The number of halogens is 2. The number of benzene rings is 2. The molecule has 0 unspecified atom stereocenters. The van der Waals surface area contributed by atoms with Crippen molar-refractivity contribution in [3.63, 3.8) is 0 Å². The van der Waals surface area contributed by atoms with Gasteiger partial charge in [-0.15, -0.1) is 0 Å². The average molecular weight is 387 g/mol. The predicted octanol–water partition coefficient (Wildman–Crippen LogP) is 3.28. The molecule has 2 heterocycles. The van der Waals surface area contributed by atoms with Crippen LogP contribution in [0, 0.1) is 5.82 Å². The maximum absolute atomic E-state index is 13.2. The number of aromatic nitrogens is 2. The molecule has 0 radical (unpaired) electrons. The lowest BCUT2D eigenvalue weighted by atomic mass is 10.2. The number of para-hydroxylation sites is 2. The lowest BCUT2D eigenvalue weighted by Gasteiger charge is -2.33. The maximum atomic E-state index is 13.2. The number of likely N-dealkylation sites (N-methyl/N-ethyl adjacent to an activating group) is 1. The third-order valence-electron chi connectivity index (χ3n) is 4.37. The van der Waals surface area contributed by atoms with Crippen LogP contribution in [0.25, 0.3) is 11.0 Å². The topological polar surface area (TPSA) is 58.6 Å². The van der Waals surface area contributed by atoms with E-state index in [4.69, 9.17) is 16.3 Å². The number of nitrogens with zero attached hydrogens (tertiary/aromatic N) is 4. The Hall–Kier alpha value is -2.93. The van der Waals surface area contributed by atoms with E-state index in [2.05, 4.69) is 9.97 Å². The second-order valence-corrected chi connectivity index (χ2v) is 6.60. The van der Waals surface area contributed by atoms with Gasteiger partial charge >= 0.3 is 0 Å². The minimum Gasteiger partial charge on any atom is -0.484 e. The fourth-order valence-electron chi connectivity index (χ4n) is 2.91. The number of carbonyl (C=O) groups excluding carboxylic acids is 1. The number of ether oxygens (including phenoxy) is 1. The van der Waals surface area contributed by atoms with Crippen LogP contribution in [0.15, 0.2) is 42.5 Å². The molecule has 1 aliphatic rings. The Morgan fingerprint density at radius 3 is 2.56 bits per heavy atom. The molecule has 27 heavy (non-hydrogen) atoms. The first-order chi connectivity index (χ1) is 13.0. The van der Waals surface area contributed by atoms with Gasteiger partial charge in [0.25, 0.3) is 5.91 Å². The van der Waals surface area contributed by atoms with Gasteiger partial charge < -0.3 is 9.64 Å². The van der Waals surface area contributed by atoms with Gasteiger partial charge in [-0.05, 0) is 24.3 Å². The Kier molecular flexibility index (Phi) is 4.53. The van der Waals surface area contributed by atoms with E-state index in [9.17, 15) is 9.18 Å². The molecule has 0 saturated carbocycles.